The maximum atomic E-state index is 5.59. The van der Waals surface area contributed by atoms with E-state index in [1.54, 1.807) is 0 Å². The van der Waals surface area contributed by atoms with E-state index in [0.717, 1.165) is 17.9 Å². The van der Waals surface area contributed by atoms with Crippen LogP contribution < -0.4 is 9.64 Å². The molecule has 0 aliphatic carbocycles. The van der Waals surface area contributed by atoms with Gasteiger partial charge in [-0.05, 0) is 24.6 Å². The maximum Gasteiger partial charge on any atom is 0.142 e. The third-order valence-electron chi connectivity index (χ3n) is 1.82. The number of alkyl halides is 1. The van der Waals surface area contributed by atoms with Crippen LogP contribution >= 0.6 is 11.6 Å². The van der Waals surface area contributed by atoms with Gasteiger partial charge in [0.2, 0.25) is 0 Å². The Labute approximate surface area is 90.4 Å². The van der Waals surface area contributed by atoms with Gasteiger partial charge in [0.05, 0.1) is 12.3 Å². The standard InChI is InChI=1S/C11H15ClNO/c1-13(2)10-6-3-4-7-11(10)14-9-5-8-12/h4,6-7H,5,8-9H2,1-2H3. The topological polar surface area (TPSA) is 12.5 Å². The van der Waals surface area contributed by atoms with E-state index in [2.05, 4.69) is 6.07 Å². The monoisotopic (exact) mass is 212 g/mol. The molecule has 0 unspecified atom stereocenters. The third kappa shape index (κ3) is 3.11. The molecule has 0 aromatic heterocycles. The molecule has 1 rings (SSSR count). The highest BCUT2D eigenvalue weighted by atomic mass is 35.5. The van der Waals surface area contributed by atoms with E-state index in [-0.39, 0.29) is 0 Å². The molecule has 0 atom stereocenters. The number of benzene rings is 1. The minimum Gasteiger partial charge on any atom is -0.491 e. The molecule has 1 radical (unpaired) electrons. The van der Waals surface area contributed by atoms with E-state index in [0.29, 0.717) is 12.5 Å². The molecule has 77 valence electrons. The van der Waals surface area contributed by atoms with Gasteiger partial charge in [-0.25, -0.2) is 0 Å². The van der Waals surface area contributed by atoms with Gasteiger partial charge in [0.25, 0.3) is 0 Å². The molecule has 0 saturated carbocycles. The molecule has 1 aromatic rings. The van der Waals surface area contributed by atoms with Gasteiger partial charge in [-0.3, -0.25) is 0 Å². The highest BCUT2D eigenvalue weighted by molar-refractivity contribution is 6.17. The number of ether oxygens (including phenoxy) is 1. The van der Waals surface area contributed by atoms with Crippen molar-refractivity contribution in [2.75, 3.05) is 31.5 Å². The molecular weight excluding hydrogens is 198 g/mol. The minimum absolute atomic E-state index is 0.635. The van der Waals surface area contributed by atoms with Crippen molar-refractivity contribution in [1.82, 2.24) is 0 Å². The van der Waals surface area contributed by atoms with Crippen molar-refractivity contribution in [2.45, 2.75) is 6.42 Å². The Kier molecular flexibility index (Phi) is 4.60. The van der Waals surface area contributed by atoms with Crippen molar-refractivity contribution in [3.8, 4) is 5.75 Å². The fourth-order valence-electron chi connectivity index (χ4n) is 1.12. The van der Waals surface area contributed by atoms with E-state index < -0.39 is 0 Å². The zero-order valence-corrected chi connectivity index (χ0v) is 9.34. The Morgan fingerprint density at radius 3 is 2.93 bits per heavy atom. The molecule has 14 heavy (non-hydrogen) atoms. The predicted molar refractivity (Wildman–Crippen MR) is 60.4 cm³/mol. The lowest BCUT2D eigenvalue weighted by atomic mass is 10.3. The Morgan fingerprint density at radius 1 is 1.50 bits per heavy atom. The van der Waals surface area contributed by atoms with Gasteiger partial charge in [-0.1, -0.05) is 6.07 Å². The number of nitrogens with zero attached hydrogens (tertiary/aromatic N) is 1. The quantitative estimate of drug-likeness (QED) is 0.550. The molecule has 0 aliphatic heterocycles. The van der Waals surface area contributed by atoms with Crippen LogP contribution in [0.1, 0.15) is 6.42 Å². The normalized spacial score (nSPS) is 9.93. The van der Waals surface area contributed by atoms with Crippen molar-refractivity contribution in [2.24, 2.45) is 0 Å². The second kappa shape index (κ2) is 5.76. The van der Waals surface area contributed by atoms with Crippen molar-refractivity contribution < 1.29 is 4.74 Å². The Morgan fingerprint density at radius 2 is 2.29 bits per heavy atom. The van der Waals surface area contributed by atoms with E-state index in [9.17, 15) is 0 Å². The first kappa shape index (κ1) is 11.2. The van der Waals surface area contributed by atoms with E-state index >= 15 is 0 Å². The summed E-state index contributed by atoms with van der Waals surface area (Å²) < 4.78 is 5.59. The lowest BCUT2D eigenvalue weighted by Gasteiger charge is -2.17. The average Bonchev–Trinajstić information content (AvgIpc) is 2.19. The summed E-state index contributed by atoms with van der Waals surface area (Å²) in [6.07, 6.45) is 0.868. The molecule has 0 aliphatic rings. The SMILES string of the molecule is CN(C)c1c[c]ccc1OCCCCl. The van der Waals surface area contributed by atoms with Crippen molar-refractivity contribution >= 4 is 17.3 Å². The average molecular weight is 213 g/mol. The van der Waals surface area contributed by atoms with Crippen LogP contribution in [0.25, 0.3) is 0 Å². The van der Waals surface area contributed by atoms with Crippen LogP contribution in [-0.4, -0.2) is 26.6 Å². The summed E-state index contributed by atoms with van der Waals surface area (Å²) in [4.78, 5) is 2.01. The third-order valence-corrected chi connectivity index (χ3v) is 2.09. The first-order valence-electron chi connectivity index (χ1n) is 4.62. The van der Waals surface area contributed by atoms with Crippen molar-refractivity contribution in [3.63, 3.8) is 0 Å². The van der Waals surface area contributed by atoms with Crippen LogP contribution in [0, 0.1) is 6.07 Å². The van der Waals surface area contributed by atoms with E-state index in [1.165, 1.54) is 0 Å². The van der Waals surface area contributed by atoms with Crippen LogP contribution in [0.5, 0.6) is 5.75 Å². The number of hydrogen-bond acceptors (Lipinski definition) is 2. The Bertz CT molecular complexity index is 276. The highest BCUT2D eigenvalue weighted by Gasteiger charge is 2.03. The van der Waals surface area contributed by atoms with Crippen LogP contribution in [0.3, 0.4) is 0 Å². The summed E-state index contributed by atoms with van der Waals surface area (Å²) in [5.74, 6) is 1.52. The summed E-state index contributed by atoms with van der Waals surface area (Å²) in [5, 5.41) is 0. The summed E-state index contributed by atoms with van der Waals surface area (Å²) in [6.45, 7) is 0.661. The van der Waals surface area contributed by atoms with Crippen molar-refractivity contribution in [3.05, 3.63) is 24.3 Å². The molecule has 0 heterocycles. The number of anilines is 1. The molecule has 0 bridgehead atoms. The minimum atomic E-state index is 0.635. The van der Waals surface area contributed by atoms with Gasteiger partial charge in [0, 0.05) is 20.0 Å². The molecule has 2 nitrogen and oxygen atoms in total. The maximum absolute atomic E-state index is 5.59. The smallest absolute Gasteiger partial charge is 0.142 e. The molecule has 0 spiro atoms. The van der Waals surface area contributed by atoms with Gasteiger partial charge in [-0.2, -0.15) is 0 Å². The van der Waals surface area contributed by atoms with Gasteiger partial charge in [0.15, 0.2) is 0 Å². The summed E-state index contributed by atoms with van der Waals surface area (Å²) in [6, 6.07) is 8.71. The zero-order valence-electron chi connectivity index (χ0n) is 8.59. The fraction of sp³-hybridized carbons (Fsp3) is 0.455. The second-order valence-electron chi connectivity index (χ2n) is 3.18. The molecule has 0 N–H and O–H groups in total. The van der Waals surface area contributed by atoms with Crippen molar-refractivity contribution in [1.29, 1.82) is 0 Å². The largest absolute Gasteiger partial charge is 0.491 e. The zero-order chi connectivity index (χ0) is 10.4. The molecule has 0 amide bonds. The summed E-state index contributed by atoms with van der Waals surface area (Å²) in [5.41, 5.74) is 1.04. The molecule has 3 heteroatoms. The first-order chi connectivity index (χ1) is 6.75. The summed E-state index contributed by atoms with van der Waals surface area (Å²) >= 11 is 5.57. The Hall–Kier alpha value is -0.890. The van der Waals surface area contributed by atoms with Gasteiger partial charge in [-0.15, -0.1) is 11.6 Å². The van der Waals surface area contributed by atoms with E-state index in [4.69, 9.17) is 16.3 Å². The van der Waals surface area contributed by atoms with Crippen LogP contribution in [0.2, 0.25) is 0 Å². The number of rotatable bonds is 5. The molecule has 1 aromatic carbocycles. The highest BCUT2D eigenvalue weighted by Crippen LogP contribution is 2.25. The first-order valence-corrected chi connectivity index (χ1v) is 5.15. The van der Waals surface area contributed by atoms with Gasteiger partial charge >= 0.3 is 0 Å². The molecular formula is C11H15ClNO. The van der Waals surface area contributed by atoms with Gasteiger partial charge in [0.1, 0.15) is 5.75 Å². The predicted octanol–water partition coefficient (Wildman–Crippen LogP) is 2.56. The van der Waals surface area contributed by atoms with E-state index in [1.807, 2.05) is 37.2 Å². The van der Waals surface area contributed by atoms with Crippen LogP contribution in [0.15, 0.2) is 18.2 Å². The fourth-order valence-corrected chi connectivity index (χ4v) is 1.22. The molecule has 0 fully saturated rings. The Balaban J connectivity index is 2.64. The lowest BCUT2D eigenvalue weighted by molar-refractivity contribution is 0.319. The van der Waals surface area contributed by atoms with Crippen LogP contribution in [0.4, 0.5) is 5.69 Å². The lowest BCUT2D eigenvalue weighted by Crippen LogP contribution is -2.11. The number of halogens is 1. The number of hydrogen-bond donors (Lipinski definition) is 0. The van der Waals surface area contributed by atoms with Crippen LogP contribution in [-0.2, 0) is 0 Å². The second-order valence-corrected chi connectivity index (χ2v) is 3.56. The molecule has 0 saturated heterocycles. The van der Waals surface area contributed by atoms with Gasteiger partial charge < -0.3 is 9.64 Å². The summed E-state index contributed by atoms with van der Waals surface area (Å²) in [7, 11) is 3.97.